The minimum absolute atomic E-state index is 0.0672. The van der Waals surface area contributed by atoms with E-state index in [4.69, 9.17) is 5.10 Å². The fourth-order valence-corrected chi connectivity index (χ4v) is 3.95. The predicted octanol–water partition coefficient (Wildman–Crippen LogP) is 4.50. The van der Waals surface area contributed by atoms with E-state index in [2.05, 4.69) is 21.4 Å². The van der Waals surface area contributed by atoms with E-state index >= 15 is 0 Å². The van der Waals surface area contributed by atoms with Gasteiger partial charge < -0.3 is 5.32 Å². The molecule has 4 heterocycles. The van der Waals surface area contributed by atoms with Crippen molar-refractivity contribution in [2.45, 2.75) is 50.4 Å². The molecule has 3 aromatic heterocycles. The molecule has 1 fully saturated rings. The number of fused-ring (bicyclic) bond motifs is 1. The first kappa shape index (κ1) is 19.7. The summed E-state index contributed by atoms with van der Waals surface area (Å²) >= 11 is 0. The maximum Gasteiger partial charge on any atom is 0.433 e. The van der Waals surface area contributed by atoms with E-state index in [-0.39, 0.29) is 11.6 Å². The van der Waals surface area contributed by atoms with Crippen molar-refractivity contribution >= 4 is 5.91 Å². The van der Waals surface area contributed by atoms with E-state index in [1.54, 1.807) is 6.20 Å². The van der Waals surface area contributed by atoms with Gasteiger partial charge in [0.05, 0.1) is 17.4 Å². The highest BCUT2D eigenvalue weighted by atomic mass is 19.4. The number of halogens is 3. The fourth-order valence-electron chi connectivity index (χ4n) is 3.95. The van der Waals surface area contributed by atoms with Crippen LogP contribution in [0.3, 0.4) is 0 Å². The zero-order valence-corrected chi connectivity index (χ0v) is 16.6. The zero-order chi connectivity index (χ0) is 21.6. The summed E-state index contributed by atoms with van der Waals surface area (Å²) in [5.41, 5.74) is 2.56. The SMILES string of the molecule is O=C(NC1CCCn2nc(-c3ccnc(C4CC4)c3)cc21)c1ccnc(C(F)(F)F)c1. The minimum atomic E-state index is -4.60. The van der Waals surface area contributed by atoms with E-state index in [0.29, 0.717) is 12.3 Å². The van der Waals surface area contributed by atoms with Crippen molar-refractivity contribution in [1.82, 2.24) is 25.1 Å². The molecule has 1 saturated carbocycles. The first-order valence-corrected chi connectivity index (χ1v) is 10.3. The van der Waals surface area contributed by atoms with Crippen LogP contribution in [-0.4, -0.2) is 25.7 Å². The Morgan fingerprint density at radius 1 is 1.06 bits per heavy atom. The predicted molar refractivity (Wildman–Crippen MR) is 106 cm³/mol. The third-order valence-corrected chi connectivity index (χ3v) is 5.72. The van der Waals surface area contributed by atoms with Crippen LogP contribution in [0.15, 0.2) is 42.7 Å². The molecule has 5 rings (SSSR count). The van der Waals surface area contributed by atoms with Crippen molar-refractivity contribution in [1.29, 1.82) is 0 Å². The van der Waals surface area contributed by atoms with Crippen LogP contribution < -0.4 is 5.32 Å². The molecule has 0 aromatic carbocycles. The largest absolute Gasteiger partial charge is 0.433 e. The Bertz CT molecular complexity index is 1140. The van der Waals surface area contributed by atoms with Crippen molar-refractivity contribution in [2.24, 2.45) is 0 Å². The van der Waals surface area contributed by atoms with Crippen LogP contribution in [0.5, 0.6) is 0 Å². The number of hydrogen-bond donors (Lipinski definition) is 1. The van der Waals surface area contributed by atoms with Crippen LogP contribution in [0.1, 0.15) is 65.1 Å². The van der Waals surface area contributed by atoms with E-state index in [1.807, 2.05) is 16.8 Å². The van der Waals surface area contributed by atoms with Gasteiger partial charge in [0.2, 0.25) is 0 Å². The lowest BCUT2D eigenvalue weighted by atomic mass is 10.0. The Labute approximate surface area is 176 Å². The van der Waals surface area contributed by atoms with Gasteiger partial charge in [0.1, 0.15) is 5.69 Å². The number of hydrogen-bond acceptors (Lipinski definition) is 4. The number of aryl methyl sites for hydroxylation is 1. The first-order chi connectivity index (χ1) is 14.9. The van der Waals surface area contributed by atoms with Gasteiger partial charge in [-0.05, 0) is 56.0 Å². The van der Waals surface area contributed by atoms with Gasteiger partial charge in [-0.3, -0.25) is 19.4 Å². The second kappa shape index (κ2) is 7.47. The Balaban J connectivity index is 1.38. The molecule has 1 aliphatic heterocycles. The summed E-state index contributed by atoms with van der Waals surface area (Å²) in [4.78, 5) is 20.4. The summed E-state index contributed by atoms with van der Waals surface area (Å²) in [6.45, 7) is 0.732. The van der Waals surface area contributed by atoms with E-state index in [9.17, 15) is 18.0 Å². The molecule has 1 aliphatic carbocycles. The monoisotopic (exact) mass is 427 g/mol. The van der Waals surface area contributed by atoms with E-state index in [0.717, 1.165) is 60.7 Å². The molecule has 0 radical (unpaired) electrons. The van der Waals surface area contributed by atoms with Crippen molar-refractivity contribution in [2.75, 3.05) is 0 Å². The number of carbonyl (C=O) groups excluding carboxylic acids is 1. The van der Waals surface area contributed by atoms with Crippen LogP contribution in [0.2, 0.25) is 0 Å². The first-order valence-electron chi connectivity index (χ1n) is 10.3. The Morgan fingerprint density at radius 2 is 1.87 bits per heavy atom. The number of aromatic nitrogens is 4. The van der Waals surface area contributed by atoms with Crippen molar-refractivity contribution in [3.63, 3.8) is 0 Å². The summed E-state index contributed by atoms with van der Waals surface area (Å²) in [5, 5.41) is 7.56. The van der Waals surface area contributed by atoms with Crippen molar-refractivity contribution in [3.8, 4) is 11.3 Å². The molecule has 3 aromatic rings. The van der Waals surface area contributed by atoms with Crippen molar-refractivity contribution in [3.05, 3.63) is 65.4 Å². The average Bonchev–Trinajstić information content (AvgIpc) is 3.52. The number of carbonyl (C=O) groups is 1. The molecular formula is C22H20F3N5O. The number of alkyl halides is 3. The van der Waals surface area contributed by atoms with Crippen molar-refractivity contribution < 1.29 is 18.0 Å². The van der Waals surface area contributed by atoms with Gasteiger partial charge in [-0.1, -0.05) is 0 Å². The number of amides is 1. The highest BCUT2D eigenvalue weighted by Gasteiger charge is 2.33. The van der Waals surface area contributed by atoms with Crippen LogP contribution in [0, 0.1) is 0 Å². The Hall–Kier alpha value is -3.23. The van der Waals surface area contributed by atoms with Gasteiger partial charge in [0.25, 0.3) is 5.91 Å². The summed E-state index contributed by atoms with van der Waals surface area (Å²) in [7, 11) is 0. The molecule has 1 N–H and O–H groups in total. The topological polar surface area (TPSA) is 72.7 Å². The molecule has 0 saturated heterocycles. The molecule has 31 heavy (non-hydrogen) atoms. The summed E-state index contributed by atoms with van der Waals surface area (Å²) in [6.07, 6.45) is 2.03. The number of rotatable bonds is 4. The van der Waals surface area contributed by atoms with Crippen LogP contribution in [0.4, 0.5) is 13.2 Å². The van der Waals surface area contributed by atoms with Crippen LogP contribution in [-0.2, 0) is 12.7 Å². The van der Waals surface area contributed by atoms with Crippen LogP contribution >= 0.6 is 0 Å². The molecule has 1 unspecified atom stereocenters. The van der Waals surface area contributed by atoms with E-state index in [1.165, 1.54) is 6.07 Å². The molecule has 0 bridgehead atoms. The average molecular weight is 427 g/mol. The molecule has 9 heteroatoms. The molecule has 6 nitrogen and oxygen atoms in total. The maximum atomic E-state index is 12.9. The smallest absolute Gasteiger partial charge is 0.344 e. The lowest BCUT2D eigenvalue weighted by Crippen LogP contribution is -2.32. The lowest BCUT2D eigenvalue weighted by Gasteiger charge is -2.24. The number of nitrogens with one attached hydrogen (secondary N) is 1. The molecule has 1 atom stereocenters. The molecule has 1 amide bonds. The lowest BCUT2D eigenvalue weighted by molar-refractivity contribution is -0.141. The maximum absolute atomic E-state index is 12.9. The zero-order valence-electron chi connectivity index (χ0n) is 16.6. The van der Waals surface area contributed by atoms with E-state index < -0.39 is 17.8 Å². The second-order valence-electron chi connectivity index (χ2n) is 8.02. The third kappa shape index (κ3) is 4.04. The highest BCUT2D eigenvalue weighted by Crippen LogP contribution is 2.40. The van der Waals surface area contributed by atoms with Gasteiger partial charge in [-0.15, -0.1) is 0 Å². The summed E-state index contributed by atoms with van der Waals surface area (Å²) in [6, 6.07) is 7.67. The minimum Gasteiger partial charge on any atom is -0.344 e. The molecule has 0 spiro atoms. The van der Waals surface area contributed by atoms with Gasteiger partial charge in [0, 0.05) is 41.7 Å². The standard InChI is InChI=1S/C22H20F3N5O/c23-22(24,25)20-11-15(6-8-27-20)21(31)28-16-2-1-9-30-19(16)12-18(29-30)14-5-7-26-17(10-14)13-3-4-13/h5-8,10-13,16H,1-4,9H2,(H,28,31). The fraction of sp³-hybridized carbons (Fsp3) is 0.364. The Kier molecular flexibility index (Phi) is 4.75. The summed E-state index contributed by atoms with van der Waals surface area (Å²) in [5.74, 6) is -0.0276. The molecule has 2 aliphatic rings. The third-order valence-electron chi connectivity index (χ3n) is 5.72. The molecular weight excluding hydrogens is 407 g/mol. The van der Waals surface area contributed by atoms with Gasteiger partial charge in [0.15, 0.2) is 0 Å². The number of nitrogens with zero attached hydrogens (tertiary/aromatic N) is 4. The summed E-state index contributed by atoms with van der Waals surface area (Å²) < 4.78 is 40.6. The van der Waals surface area contributed by atoms with Crippen LogP contribution in [0.25, 0.3) is 11.3 Å². The van der Waals surface area contributed by atoms with Gasteiger partial charge in [-0.2, -0.15) is 18.3 Å². The highest BCUT2D eigenvalue weighted by molar-refractivity contribution is 5.94. The quantitative estimate of drug-likeness (QED) is 0.665. The number of pyridine rings is 2. The van der Waals surface area contributed by atoms with Gasteiger partial charge >= 0.3 is 6.18 Å². The second-order valence-corrected chi connectivity index (χ2v) is 8.02. The molecule has 160 valence electrons. The normalized spacial score (nSPS) is 18.5. The van der Waals surface area contributed by atoms with Gasteiger partial charge in [-0.25, -0.2) is 0 Å². The Morgan fingerprint density at radius 3 is 2.65 bits per heavy atom.